The predicted molar refractivity (Wildman–Crippen MR) is 86.1 cm³/mol. The quantitative estimate of drug-likeness (QED) is 0.910. The summed E-state index contributed by atoms with van der Waals surface area (Å²) in [4.78, 5) is 23.7. The summed E-state index contributed by atoms with van der Waals surface area (Å²) in [7, 11) is 0. The Hall–Kier alpha value is -3.02. The summed E-state index contributed by atoms with van der Waals surface area (Å²) in [5.41, 5.74) is 1.61. The van der Waals surface area contributed by atoms with Gasteiger partial charge in [0.05, 0.1) is 12.3 Å². The summed E-state index contributed by atoms with van der Waals surface area (Å²) in [5.74, 6) is 0.757. The fourth-order valence-corrected chi connectivity index (χ4v) is 2.26. The van der Waals surface area contributed by atoms with Gasteiger partial charge in [-0.1, -0.05) is 6.07 Å². The number of benzene rings is 2. The van der Waals surface area contributed by atoms with Crippen molar-refractivity contribution < 1.29 is 19.1 Å². The summed E-state index contributed by atoms with van der Waals surface area (Å²) in [6.45, 7) is 2.43. The molecule has 2 N–H and O–H groups in total. The standard InChI is InChI=1S/C17H16N2O4/c1-2-22-13-5-3-4-11(8-13)17(21)18-12-6-7-15-14(9-12)19-16(20)10-23-15/h3-9H,2,10H2,1H3,(H,18,21)(H,19,20). The molecule has 0 saturated heterocycles. The van der Waals surface area contributed by atoms with Crippen molar-refractivity contribution in [3.63, 3.8) is 0 Å². The fraction of sp³-hybridized carbons (Fsp3) is 0.176. The van der Waals surface area contributed by atoms with Gasteiger partial charge >= 0.3 is 0 Å². The lowest BCUT2D eigenvalue weighted by molar-refractivity contribution is -0.118. The fourth-order valence-electron chi connectivity index (χ4n) is 2.26. The zero-order valence-electron chi connectivity index (χ0n) is 12.6. The van der Waals surface area contributed by atoms with Crippen LogP contribution in [0.3, 0.4) is 0 Å². The van der Waals surface area contributed by atoms with E-state index in [-0.39, 0.29) is 18.4 Å². The molecular weight excluding hydrogens is 296 g/mol. The minimum atomic E-state index is -0.255. The second-order valence-electron chi connectivity index (χ2n) is 4.96. The molecule has 0 fully saturated rings. The second-order valence-corrected chi connectivity index (χ2v) is 4.96. The zero-order valence-corrected chi connectivity index (χ0v) is 12.6. The minimum absolute atomic E-state index is 0.00290. The highest BCUT2D eigenvalue weighted by Crippen LogP contribution is 2.30. The molecule has 2 aromatic carbocycles. The highest BCUT2D eigenvalue weighted by atomic mass is 16.5. The molecule has 1 aliphatic rings. The first kappa shape index (κ1) is 14.9. The third-order valence-electron chi connectivity index (χ3n) is 3.28. The number of rotatable bonds is 4. The molecule has 0 atom stereocenters. The highest BCUT2D eigenvalue weighted by Gasteiger charge is 2.16. The molecule has 0 aromatic heterocycles. The lowest BCUT2D eigenvalue weighted by Gasteiger charge is -2.18. The number of hydrogen-bond acceptors (Lipinski definition) is 4. The van der Waals surface area contributed by atoms with Gasteiger partial charge in [0.15, 0.2) is 6.61 Å². The molecule has 0 bridgehead atoms. The average Bonchev–Trinajstić information content (AvgIpc) is 2.55. The van der Waals surface area contributed by atoms with Crippen molar-refractivity contribution in [2.75, 3.05) is 23.8 Å². The third kappa shape index (κ3) is 3.42. The monoisotopic (exact) mass is 312 g/mol. The number of carbonyl (C=O) groups is 2. The second kappa shape index (κ2) is 6.39. The van der Waals surface area contributed by atoms with E-state index in [1.54, 1.807) is 42.5 Å². The van der Waals surface area contributed by atoms with E-state index in [9.17, 15) is 9.59 Å². The van der Waals surface area contributed by atoms with Gasteiger partial charge in [-0.15, -0.1) is 0 Å². The first-order chi connectivity index (χ1) is 11.2. The molecule has 23 heavy (non-hydrogen) atoms. The minimum Gasteiger partial charge on any atom is -0.494 e. The number of amides is 2. The maximum atomic E-state index is 12.3. The van der Waals surface area contributed by atoms with Crippen LogP contribution in [0, 0.1) is 0 Å². The van der Waals surface area contributed by atoms with Crippen molar-refractivity contribution in [3.8, 4) is 11.5 Å². The first-order valence-corrected chi connectivity index (χ1v) is 7.26. The number of carbonyl (C=O) groups excluding carboxylic acids is 2. The Balaban J connectivity index is 1.76. The summed E-state index contributed by atoms with van der Waals surface area (Å²) in [6, 6.07) is 12.1. The third-order valence-corrected chi connectivity index (χ3v) is 3.28. The SMILES string of the molecule is CCOc1cccc(C(=O)Nc2ccc3c(c2)NC(=O)CO3)c1. The molecule has 0 spiro atoms. The van der Waals surface area contributed by atoms with Crippen LogP contribution < -0.4 is 20.1 Å². The van der Waals surface area contributed by atoms with Crippen molar-refractivity contribution in [2.24, 2.45) is 0 Å². The lowest BCUT2D eigenvalue weighted by Crippen LogP contribution is -2.25. The van der Waals surface area contributed by atoms with E-state index in [0.717, 1.165) is 0 Å². The predicted octanol–water partition coefficient (Wildman–Crippen LogP) is 2.67. The Morgan fingerprint density at radius 2 is 2.17 bits per heavy atom. The van der Waals surface area contributed by atoms with Gasteiger partial charge in [-0.25, -0.2) is 0 Å². The smallest absolute Gasteiger partial charge is 0.262 e. The van der Waals surface area contributed by atoms with Crippen molar-refractivity contribution in [2.45, 2.75) is 6.92 Å². The summed E-state index contributed by atoms with van der Waals surface area (Å²) < 4.78 is 10.7. The highest BCUT2D eigenvalue weighted by molar-refractivity contribution is 6.05. The number of anilines is 2. The summed E-state index contributed by atoms with van der Waals surface area (Å²) in [6.07, 6.45) is 0. The van der Waals surface area contributed by atoms with Gasteiger partial charge in [0.2, 0.25) is 0 Å². The molecule has 2 aromatic rings. The molecular formula is C17H16N2O4. The Morgan fingerprint density at radius 1 is 1.30 bits per heavy atom. The van der Waals surface area contributed by atoms with E-state index >= 15 is 0 Å². The van der Waals surface area contributed by atoms with Crippen LogP contribution >= 0.6 is 0 Å². The molecule has 118 valence electrons. The van der Waals surface area contributed by atoms with Gasteiger partial charge in [-0.05, 0) is 43.3 Å². The van der Waals surface area contributed by atoms with E-state index in [4.69, 9.17) is 9.47 Å². The molecule has 0 aliphatic carbocycles. The van der Waals surface area contributed by atoms with Crippen molar-refractivity contribution in [1.29, 1.82) is 0 Å². The Kier molecular flexibility index (Phi) is 4.14. The Bertz CT molecular complexity index is 758. The van der Waals surface area contributed by atoms with Gasteiger partial charge < -0.3 is 20.1 Å². The summed E-state index contributed by atoms with van der Waals surface area (Å²) >= 11 is 0. The van der Waals surface area contributed by atoms with Crippen LogP contribution in [0.1, 0.15) is 17.3 Å². The van der Waals surface area contributed by atoms with Crippen LogP contribution in [0.4, 0.5) is 11.4 Å². The van der Waals surface area contributed by atoms with Crippen LogP contribution in [-0.2, 0) is 4.79 Å². The van der Waals surface area contributed by atoms with Gasteiger partial charge in [0.1, 0.15) is 11.5 Å². The Labute approximate surface area is 133 Å². The van der Waals surface area contributed by atoms with E-state index < -0.39 is 0 Å². The molecule has 0 saturated carbocycles. The molecule has 6 heteroatoms. The molecule has 0 unspecified atom stereocenters. The zero-order chi connectivity index (χ0) is 16.2. The maximum Gasteiger partial charge on any atom is 0.262 e. The molecule has 2 amide bonds. The van der Waals surface area contributed by atoms with E-state index in [0.29, 0.717) is 35.0 Å². The summed E-state index contributed by atoms with van der Waals surface area (Å²) in [5, 5.41) is 5.50. The number of fused-ring (bicyclic) bond motifs is 1. The van der Waals surface area contributed by atoms with Gasteiger partial charge in [-0.2, -0.15) is 0 Å². The van der Waals surface area contributed by atoms with Crippen LogP contribution in [0.25, 0.3) is 0 Å². The lowest BCUT2D eigenvalue weighted by atomic mass is 10.2. The molecule has 6 nitrogen and oxygen atoms in total. The van der Waals surface area contributed by atoms with Gasteiger partial charge in [0.25, 0.3) is 11.8 Å². The molecule has 1 aliphatic heterocycles. The van der Waals surface area contributed by atoms with Crippen LogP contribution in [0.5, 0.6) is 11.5 Å². The van der Waals surface area contributed by atoms with Crippen molar-refractivity contribution in [3.05, 3.63) is 48.0 Å². The largest absolute Gasteiger partial charge is 0.494 e. The van der Waals surface area contributed by atoms with Crippen LogP contribution in [-0.4, -0.2) is 25.0 Å². The first-order valence-electron chi connectivity index (χ1n) is 7.26. The molecule has 1 heterocycles. The van der Waals surface area contributed by atoms with E-state index in [1.165, 1.54) is 0 Å². The van der Waals surface area contributed by atoms with E-state index in [1.807, 2.05) is 6.92 Å². The topological polar surface area (TPSA) is 76.7 Å². The number of nitrogens with one attached hydrogen (secondary N) is 2. The number of ether oxygens (including phenoxy) is 2. The van der Waals surface area contributed by atoms with Crippen LogP contribution in [0.2, 0.25) is 0 Å². The molecule has 0 radical (unpaired) electrons. The van der Waals surface area contributed by atoms with Crippen molar-refractivity contribution in [1.82, 2.24) is 0 Å². The van der Waals surface area contributed by atoms with Crippen LogP contribution in [0.15, 0.2) is 42.5 Å². The Morgan fingerprint density at radius 3 is 3.00 bits per heavy atom. The van der Waals surface area contributed by atoms with E-state index in [2.05, 4.69) is 10.6 Å². The average molecular weight is 312 g/mol. The van der Waals surface area contributed by atoms with Gasteiger partial charge in [0, 0.05) is 11.3 Å². The number of hydrogen-bond donors (Lipinski definition) is 2. The normalized spacial score (nSPS) is 12.7. The van der Waals surface area contributed by atoms with Crippen molar-refractivity contribution >= 4 is 23.2 Å². The maximum absolute atomic E-state index is 12.3. The molecule has 3 rings (SSSR count). The van der Waals surface area contributed by atoms with Gasteiger partial charge in [-0.3, -0.25) is 9.59 Å².